The van der Waals surface area contributed by atoms with Gasteiger partial charge in [0, 0.05) is 31.9 Å². The van der Waals surface area contributed by atoms with Crippen LogP contribution in [0.3, 0.4) is 0 Å². The Labute approximate surface area is 190 Å². The van der Waals surface area contributed by atoms with Gasteiger partial charge in [-0.2, -0.15) is 5.10 Å². The van der Waals surface area contributed by atoms with Crippen molar-refractivity contribution in [2.24, 2.45) is 0 Å². The second kappa shape index (κ2) is 8.84. The molecule has 1 aliphatic rings. The summed E-state index contributed by atoms with van der Waals surface area (Å²) in [5, 5.41) is 4.33. The van der Waals surface area contributed by atoms with E-state index >= 15 is 0 Å². The largest absolute Gasteiger partial charge is 0.373 e. The summed E-state index contributed by atoms with van der Waals surface area (Å²) in [5.41, 5.74) is 0.980. The number of sulfonamides is 1. The molecule has 166 valence electrons. The Bertz CT molecular complexity index is 1210. The van der Waals surface area contributed by atoms with Crippen LogP contribution < -0.4 is 9.62 Å². The number of hydrogen-bond donors (Lipinski definition) is 1. The molecular formula is C17H18F2IN7O3S. The molecule has 0 spiro atoms. The maximum Gasteiger partial charge on any atom is 0.280 e. The van der Waals surface area contributed by atoms with Crippen molar-refractivity contribution in [3.8, 4) is 11.3 Å². The lowest BCUT2D eigenvalue weighted by molar-refractivity contribution is 0.0440. The van der Waals surface area contributed by atoms with Crippen LogP contribution in [0.5, 0.6) is 0 Å². The molecule has 1 atom stereocenters. The average Bonchev–Trinajstić information content (AvgIpc) is 3.07. The van der Waals surface area contributed by atoms with E-state index in [1.807, 2.05) is 27.5 Å². The highest BCUT2D eigenvalue weighted by atomic mass is 127. The molecule has 0 saturated carbocycles. The monoisotopic (exact) mass is 565 g/mol. The number of alkyl halides is 2. The maximum atomic E-state index is 13.1. The molecule has 0 bridgehead atoms. The van der Waals surface area contributed by atoms with Gasteiger partial charge >= 0.3 is 0 Å². The molecule has 1 fully saturated rings. The van der Waals surface area contributed by atoms with E-state index in [1.54, 1.807) is 6.07 Å². The van der Waals surface area contributed by atoms with E-state index in [0.717, 1.165) is 6.26 Å². The van der Waals surface area contributed by atoms with Crippen LogP contribution in [0.25, 0.3) is 16.9 Å². The third-order valence-corrected chi connectivity index (χ3v) is 6.08. The summed E-state index contributed by atoms with van der Waals surface area (Å²) >= 11 is 2.02. The summed E-state index contributed by atoms with van der Waals surface area (Å²) in [6.45, 7) is 1.55. The van der Waals surface area contributed by atoms with E-state index in [1.165, 1.54) is 23.1 Å². The molecule has 14 heteroatoms. The predicted octanol–water partition coefficient (Wildman–Crippen LogP) is 1.48. The Hall–Kier alpha value is -2.04. The van der Waals surface area contributed by atoms with Crippen LogP contribution in [0.15, 0.2) is 24.7 Å². The van der Waals surface area contributed by atoms with Gasteiger partial charge in [0.25, 0.3) is 6.43 Å². The number of hydrogen-bond acceptors (Lipinski definition) is 8. The van der Waals surface area contributed by atoms with Crippen LogP contribution in [0.2, 0.25) is 0 Å². The predicted molar refractivity (Wildman–Crippen MR) is 116 cm³/mol. The molecule has 0 aliphatic carbocycles. The Morgan fingerprint density at radius 2 is 2.19 bits per heavy atom. The summed E-state index contributed by atoms with van der Waals surface area (Å²) in [6, 6.07) is 2.97. The van der Waals surface area contributed by atoms with Gasteiger partial charge in [-0.15, -0.1) is 0 Å². The molecule has 3 aromatic rings. The fraction of sp³-hybridized carbons (Fsp3) is 0.412. The number of fused-ring (bicyclic) bond motifs is 1. The van der Waals surface area contributed by atoms with E-state index in [2.05, 4.69) is 24.8 Å². The van der Waals surface area contributed by atoms with Crippen molar-refractivity contribution in [3.63, 3.8) is 0 Å². The van der Waals surface area contributed by atoms with Gasteiger partial charge in [0.05, 0.1) is 30.2 Å². The minimum atomic E-state index is -3.32. The van der Waals surface area contributed by atoms with Crippen molar-refractivity contribution < 1.29 is 21.9 Å². The van der Waals surface area contributed by atoms with Gasteiger partial charge in [0.1, 0.15) is 21.5 Å². The van der Waals surface area contributed by atoms with Crippen molar-refractivity contribution in [2.75, 3.05) is 37.4 Å². The molecule has 0 amide bonds. The number of morpholine rings is 1. The van der Waals surface area contributed by atoms with E-state index < -0.39 is 16.4 Å². The second-order valence-corrected chi connectivity index (χ2v) is 9.76. The lowest BCUT2D eigenvalue weighted by Gasteiger charge is -2.33. The molecule has 0 unspecified atom stereocenters. The summed E-state index contributed by atoms with van der Waals surface area (Å²) < 4.78 is 59.0. The SMILES string of the molecule is CS(=O)(=O)NC[C@@H]1CN(c2cc(-c3c(I)nn4ccc(C(F)F)nc34)ncn2)CCO1. The second-order valence-electron chi connectivity index (χ2n) is 6.91. The number of anilines is 1. The number of halogens is 3. The van der Waals surface area contributed by atoms with Crippen LogP contribution >= 0.6 is 22.6 Å². The zero-order valence-corrected chi connectivity index (χ0v) is 19.2. The Morgan fingerprint density at radius 3 is 2.94 bits per heavy atom. The van der Waals surface area contributed by atoms with Gasteiger partial charge in [0.2, 0.25) is 10.0 Å². The van der Waals surface area contributed by atoms with Crippen molar-refractivity contribution in [1.29, 1.82) is 0 Å². The Kier molecular flexibility index (Phi) is 6.32. The van der Waals surface area contributed by atoms with Crippen LogP contribution in [-0.2, 0) is 14.8 Å². The van der Waals surface area contributed by atoms with E-state index in [-0.39, 0.29) is 24.0 Å². The first-order valence-electron chi connectivity index (χ1n) is 9.18. The van der Waals surface area contributed by atoms with Crippen molar-refractivity contribution in [2.45, 2.75) is 12.5 Å². The van der Waals surface area contributed by atoms with Crippen molar-refractivity contribution in [3.05, 3.63) is 34.1 Å². The van der Waals surface area contributed by atoms with Gasteiger partial charge in [-0.05, 0) is 28.7 Å². The van der Waals surface area contributed by atoms with Gasteiger partial charge in [0.15, 0.2) is 5.65 Å². The van der Waals surface area contributed by atoms with E-state index in [9.17, 15) is 17.2 Å². The first kappa shape index (κ1) is 22.2. The zero-order chi connectivity index (χ0) is 22.2. The molecule has 1 saturated heterocycles. The number of nitrogens with zero attached hydrogens (tertiary/aromatic N) is 6. The standard InChI is InChI=1S/C17H18F2IN7O3S/c1-31(28,29)23-7-10-8-26(4-5-30-10)13-6-12(21-9-22-13)14-16(20)25-27-3-2-11(15(18)19)24-17(14)27/h2-3,6,9-10,15,23H,4-5,7-8H2,1H3/t10-/m1/s1. The molecule has 4 heterocycles. The molecule has 4 rings (SSSR count). The quantitative estimate of drug-likeness (QED) is 0.448. The molecule has 10 nitrogen and oxygen atoms in total. The van der Waals surface area contributed by atoms with Crippen molar-refractivity contribution >= 4 is 44.1 Å². The normalized spacial score (nSPS) is 17.6. The topological polar surface area (TPSA) is 115 Å². The molecule has 31 heavy (non-hydrogen) atoms. The summed E-state index contributed by atoms with van der Waals surface area (Å²) in [6.07, 6.45) is 0.890. The minimum Gasteiger partial charge on any atom is -0.373 e. The number of nitrogens with one attached hydrogen (secondary N) is 1. The highest BCUT2D eigenvalue weighted by Gasteiger charge is 2.24. The number of rotatable bonds is 6. The zero-order valence-electron chi connectivity index (χ0n) is 16.2. The molecule has 1 N–H and O–H groups in total. The van der Waals surface area contributed by atoms with Crippen LogP contribution in [-0.4, -0.2) is 71.6 Å². The fourth-order valence-corrected chi connectivity index (χ4v) is 4.45. The van der Waals surface area contributed by atoms with Crippen molar-refractivity contribution in [1.82, 2.24) is 29.3 Å². The highest BCUT2D eigenvalue weighted by Crippen LogP contribution is 2.30. The third kappa shape index (κ3) is 5.07. The molecular weight excluding hydrogens is 547 g/mol. The smallest absolute Gasteiger partial charge is 0.280 e. The summed E-state index contributed by atoms with van der Waals surface area (Å²) in [7, 11) is -3.32. The number of ether oxygens (including phenoxy) is 1. The van der Waals surface area contributed by atoms with Crippen LogP contribution in [0.1, 0.15) is 12.1 Å². The molecule has 3 aromatic heterocycles. The lowest BCUT2D eigenvalue weighted by atomic mass is 10.2. The summed E-state index contributed by atoms with van der Waals surface area (Å²) in [5.74, 6) is 0.609. The molecule has 0 radical (unpaired) electrons. The summed E-state index contributed by atoms with van der Waals surface area (Å²) in [4.78, 5) is 14.6. The lowest BCUT2D eigenvalue weighted by Crippen LogP contribution is -2.47. The Balaban J connectivity index is 1.63. The fourth-order valence-electron chi connectivity index (χ4n) is 3.21. The average molecular weight is 565 g/mol. The first-order valence-corrected chi connectivity index (χ1v) is 12.1. The van der Waals surface area contributed by atoms with Gasteiger partial charge in [-0.25, -0.2) is 41.4 Å². The maximum absolute atomic E-state index is 13.1. The molecule has 0 aromatic carbocycles. The minimum absolute atomic E-state index is 0.152. The third-order valence-electron chi connectivity index (χ3n) is 4.63. The van der Waals surface area contributed by atoms with E-state index in [4.69, 9.17) is 4.74 Å². The molecule has 1 aliphatic heterocycles. The first-order chi connectivity index (χ1) is 14.7. The van der Waals surface area contributed by atoms with Crippen LogP contribution in [0.4, 0.5) is 14.6 Å². The highest BCUT2D eigenvalue weighted by molar-refractivity contribution is 14.1. The van der Waals surface area contributed by atoms with Gasteiger partial charge < -0.3 is 9.64 Å². The van der Waals surface area contributed by atoms with Gasteiger partial charge in [-0.1, -0.05) is 0 Å². The number of aromatic nitrogens is 5. The van der Waals surface area contributed by atoms with E-state index in [0.29, 0.717) is 40.5 Å². The van der Waals surface area contributed by atoms with Crippen LogP contribution in [0, 0.1) is 3.70 Å². The van der Waals surface area contributed by atoms with Gasteiger partial charge in [-0.3, -0.25) is 0 Å². The Morgan fingerprint density at radius 1 is 1.39 bits per heavy atom.